The van der Waals surface area contributed by atoms with Gasteiger partial charge in [-0.05, 0) is 6.07 Å². The number of carbonyl (C=O) groups excluding carboxylic acids is 1. The summed E-state index contributed by atoms with van der Waals surface area (Å²) in [5.41, 5.74) is 0.913. The van der Waals surface area contributed by atoms with Crippen LogP contribution in [0, 0.1) is 10.1 Å². The number of aromatic hydroxyl groups is 1. The van der Waals surface area contributed by atoms with Gasteiger partial charge in [0.1, 0.15) is 5.71 Å². The molecule has 0 aliphatic carbocycles. The maximum absolute atomic E-state index is 12.9. The van der Waals surface area contributed by atoms with Gasteiger partial charge < -0.3 is 9.84 Å². The van der Waals surface area contributed by atoms with Gasteiger partial charge in [0.15, 0.2) is 5.75 Å². The second-order valence-electron chi connectivity index (χ2n) is 6.10. The van der Waals surface area contributed by atoms with Crippen molar-refractivity contribution in [1.29, 1.82) is 0 Å². The molecule has 0 atom stereocenters. The molecule has 0 saturated heterocycles. The molecule has 3 aromatic rings. The molecule has 0 bridgehead atoms. The van der Waals surface area contributed by atoms with Crippen LogP contribution in [0.1, 0.15) is 21.5 Å². The molecule has 3 rings (SSSR count). The smallest absolute Gasteiger partial charge is 0.315 e. The fraction of sp³-hybridized carbons (Fsp3) is 0.0455. The predicted molar refractivity (Wildman–Crippen MR) is 113 cm³/mol. The molecule has 3 aromatic carbocycles. The van der Waals surface area contributed by atoms with E-state index in [1.165, 1.54) is 19.4 Å². The molecule has 30 heavy (non-hydrogen) atoms. The van der Waals surface area contributed by atoms with Crippen molar-refractivity contribution < 1.29 is 19.6 Å². The monoisotopic (exact) mass is 403 g/mol. The summed E-state index contributed by atoms with van der Waals surface area (Å²) in [5.74, 6) is -0.959. The van der Waals surface area contributed by atoms with Crippen molar-refractivity contribution in [2.45, 2.75) is 0 Å². The van der Waals surface area contributed by atoms with Gasteiger partial charge in [-0.3, -0.25) is 14.9 Å². The molecule has 0 spiro atoms. The Kier molecular flexibility index (Phi) is 6.29. The van der Waals surface area contributed by atoms with Crippen LogP contribution in [0.15, 0.2) is 83.0 Å². The van der Waals surface area contributed by atoms with Gasteiger partial charge >= 0.3 is 5.69 Å². The van der Waals surface area contributed by atoms with Crippen molar-refractivity contribution in [3.05, 3.63) is 99.6 Å². The molecule has 0 amide bonds. The SMILES string of the molecule is COc1cc(/C=N\N=C(/C(=O)c2ccccc2)c2ccccc2)cc([N+](=O)[O-])c1O. The first kappa shape index (κ1) is 20.4. The van der Waals surface area contributed by atoms with E-state index in [2.05, 4.69) is 10.2 Å². The minimum Gasteiger partial charge on any atom is -0.500 e. The molecule has 0 unspecified atom stereocenters. The zero-order valence-electron chi connectivity index (χ0n) is 15.9. The Hall–Kier alpha value is -4.33. The van der Waals surface area contributed by atoms with Crippen LogP contribution in [-0.2, 0) is 0 Å². The van der Waals surface area contributed by atoms with Crippen LogP contribution < -0.4 is 4.74 Å². The maximum Gasteiger partial charge on any atom is 0.315 e. The Balaban J connectivity index is 2.01. The summed E-state index contributed by atoms with van der Waals surface area (Å²) in [7, 11) is 1.28. The van der Waals surface area contributed by atoms with Gasteiger partial charge in [0.05, 0.1) is 18.2 Å². The zero-order chi connectivity index (χ0) is 21.5. The van der Waals surface area contributed by atoms with Gasteiger partial charge in [0.2, 0.25) is 11.5 Å². The molecule has 8 heteroatoms. The number of nitrogens with zero attached hydrogens (tertiary/aromatic N) is 3. The highest BCUT2D eigenvalue weighted by molar-refractivity contribution is 6.51. The van der Waals surface area contributed by atoms with Crippen molar-refractivity contribution in [1.82, 2.24) is 0 Å². The van der Waals surface area contributed by atoms with Crippen LogP contribution >= 0.6 is 0 Å². The van der Waals surface area contributed by atoms with E-state index < -0.39 is 16.4 Å². The number of hydrogen-bond acceptors (Lipinski definition) is 7. The lowest BCUT2D eigenvalue weighted by molar-refractivity contribution is -0.386. The Morgan fingerprint density at radius 3 is 2.20 bits per heavy atom. The van der Waals surface area contributed by atoms with E-state index in [0.717, 1.165) is 6.07 Å². The third-order valence-corrected chi connectivity index (χ3v) is 4.16. The first-order chi connectivity index (χ1) is 14.5. The molecule has 0 aliphatic heterocycles. The van der Waals surface area contributed by atoms with Crippen LogP contribution in [0.4, 0.5) is 5.69 Å². The molecule has 0 aliphatic rings. The highest BCUT2D eigenvalue weighted by Gasteiger charge is 2.19. The Labute approximate surface area is 171 Å². The largest absolute Gasteiger partial charge is 0.500 e. The number of phenols is 1. The highest BCUT2D eigenvalue weighted by Crippen LogP contribution is 2.36. The normalized spacial score (nSPS) is 11.4. The Bertz CT molecular complexity index is 1130. The fourth-order valence-electron chi connectivity index (χ4n) is 2.69. The molecule has 0 fully saturated rings. The summed E-state index contributed by atoms with van der Waals surface area (Å²) >= 11 is 0. The molecule has 1 N–H and O–H groups in total. The number of phenolic OH excluding ortho intramolecular Hbond substituents is 1. The van der Waals surface area contributed by atoms with Crippen molar-refractivity contribution in [2.24, 2.45) is 10.2 Å². The highest BCUT2D eigenvalue weighted by atomic mass is 16.6. The number of hydrogen-bond donors (Lipinski definition) is 1. The average Bonchev–Trinajstić information content (AvgIpc) is 2.78. The van der Waals surface area contributed by atoms with E-state index in [0.29, 0.717) is 11.1 Å². The minimum absolute atomic E-state index is 0.0710. The quantitative estimate of drug-likeness (QED) is 0.277. The van der Waals surface area contributed by atoms with Crippen LogP contribution in [-0.4, -0.2) is 34.8 Å². The molecule has 8 nitrogen and oxygen atoms in total. The van der Waals surface area contributed by atoms with Crippen molar-refractivity contribution in [3.63, 3.8) is 0 Å². The van der Waals surface area contributed by atoms with E-state index in [4.69, 9.17) is 4.74 Å². The Morgan fingerprint density at radius 1 is 1.03 bits per heavy atom. The first-order valence-corrected chi connectivity index (χ1v) is 8.83. The number of nitro benzene ring substituents is 1. The van der Waals surface area contributed by atoms with E-state index in [1.807, 2.05) is 6.07 Å². The van der Waals surface area contributed by atoms with E-state index in [1.54, 1.807) is 54.6 Å². The van der Waals surface area contributed by atoms with E-state index in [-0.39, 0.29) is 22.8 Å². The van der Waals surface area contributed by atoms with Gasteiger partial charge in [-0.25, -0.2) is 0 Å². The van der Waals surface area contributed by atoms with Crippen molar-refractivity contribution >= 4 is 23.4 Å². The van der Waals surface area contributed by atoms with Crippen LogP contribution in [0.2, 0.25) is 0 Å². The third kappa shape index (κ3) is 4.56. The molecular formula is C22H17N3O5. The van der Waals surface area contributed by atoms with Crippen LogP contribution in [0.25, 0.3) is 0 Å². The van der Waals surface area contributed by atoms with Gasteiger partial charge in [-0.1, -0.05) is 60.7 Å². The lowest BCUT2D eigenvalue weighted by Gasteiger charge is -2.05. The summed E-state index contributed by atoms with van der Waals surface area (Å²) in [6.07, 6.45) is 1.25. The van der Waals surface area contributed by atoms with Crippen molar-refractivity contribution in [2.75, 3.05) is 7.11 Å². The lowest BCUT2D eigenvalue weighted by atomic mass is 10.0. The molecular weight excluding hydrogens is 386 g/mol. The number of benzene rings is 3. The van der Waals surface area contributed by atoms with Crippen LogP contribution in [0.5, 0.6) is 11.5 Å². The molecule has 0 radical (unpaired) electrons. The number of ketones is 1. The summed E-state index contributed by atoms with van der Waals surface area (Å²) in [4.78, 5) is 23.3. The predicted octanol–water partition coefficient (Wildman–Crippen LogP) is 4.02. The summed E-state index contributed by atoms with van der Waals surface area (Å²) in [5, 5.41) is 29.0. The second kappa shape index (κ2) is 9.24. The Morgan fingerprint density at radius 2 is 1.63 bits per heavy atom. The van der Waals surface area contributed by atoms with Gasteiger partial charge in [-0.15, -0.1) is 5.10 Å². The molecule has 150 valence electrons. The number of ether oxygens (including phenoxy) is 1. The molecule has 0 saturated carbocycles. The number of Topliss-reactive ketones (excluding diaryl/α,β-unsaturated/α-hetero) is 1. The number of methoxy groups -OCH3 is 1. The van der Waals surface area contributed by atoms with E-state index >= 15 is 0 Å². The van der Waals surface area contributed by atoms with Crippen molar-refractivity contribution in [3.8, 4) is 11.5 Å². The zero-order valence-corrected chi connectivity index (χ0v) is 15.9. The number of nitro groups is 1. The minimum atomic E-state index is -0.729. The van der Waals surface area contributed by atoms with Gasteiger partial charge in [0.25, 0.3) is 0 Å². The van der Waals surface area contributed by atoms with Gasteiger partial charge in [-0.2, -0.15) is 5.10 Å². The standard InChI is InChI=1S/C22H17N3O5/c1-30-19-13-15(12-18(22(19)27)25(28)29)14-23-24-20(16-8-4-2-5-9-16)21(26)17-10-6-3-7-11-17/h2-14,27H,1H3/b23-14-,24-20-. The number of carbonyl (C=O) groups is 1. The maximum atomic E-state index is 12.9. The average molecular weight is 403 g/mol. The summed E-state index contributed by atoms with van der Waals surface area (Å²) in [6.45, 7) is 0. The third-order valence-electron chi connectivity index (χ3n) is 4.16. The second-order valence-corrected chi connectivity index (χ2v) is 6.10. The fourth-order valence-corrected chi connectivity index (χ4v) is 2.69. The topological polar surface area (TPSA) is 114 Å². The van der Waals surface area contributed by atoms with Gasteiger partial charge in [0, 0.05) is 22.8 Å². The van der Waals surface area contributed by atoms with Crippen LogP contribution in [0.3, 0.4) is 0 Å². The molecule has 0 heterocycles. The summed E-state index contributed by atoms with van der Waals surface area (Å²) in [6, 6.07) is 20.0. The molecule has 0 aromatic heterocycles. The lowest BCUT2D eigenvalue weighted by Crippen LogP contribution is -2.15. The number of rotatable bonds is 7. The first-order valence-electron chi connectivity index (χ1n) is 8.83. The summed E-state index contributed by atoms with van der Waals surface area (Å²) < 4.78 is 4.96. The van der Waals surface area contributed by atoms with E-state index in [9.17, 15) is 20.0 Å².